The van der Waals surface area contributed by atoms with Gasteiger partial charge in [-0.15, -0.1) is 0 Å². The fourth-order valence-electron chi connectivity index (χ4n) is 1.82. The second-order valence-electron chi connectivity index (χ2n) is 4.10. The van der Waals surface area contributed by atoms with Gasteiger partial charge in [0.05, 0.1) is 4.90 Å². The van der Waals surface area contributed by atoms with Crippen LogP contribution in [0.2, 0.25) is 0 Å². The molecule has 1 aliphatic rings. The lowest BCUT2D eigenvalue weighted by Gasteiger charge is -2.23. The average Bonchev–Trinajstić information content (AvgIpc) is 2.30. The number of hydrogen-bond acceptors (Lipinski definition) is 4. The molecule has 0 aromatic heterocycles. The Morgan fingerprint density at radius 2 is 2.00 bits per heavy atom. The third kappa shape index (κ3) is 3.42. The molecule has 0 bridgehead atoms. The Hall–Kier alpha value is -1.11. The summed E-state index contributed by atoms with van der Waals surface area (Å²) in [5.41, 5.74) is 0. The van der Waals surface area contributed by atoms with Gasteiger partial charge in [0.1, 0.15) is 11.9 Å². The number of benzene rings is 1. The molecule has 1 saturated heterocycles. The summed E-state index contributed by atoms with van der Waals surface area (Å²) in [6.07, 6.45) is 2.27. The largest absolute Gasteiger partial charge is 0.489 e. The number of nitrogens with two attached hydrogens (primary N) is 1. The van der Waals surface area contributed by atoms with Crippen LogP contribution in [0, 0.1) is 0 Å². The molecule has 5 nitrogen and oxygen atoms in total. The van der Waals surface area contributed by atoms with Crippen LogP contribution in [0.5, 0.6) is 5.75 Å². The molecule has 1 aromatic carbocycles. The van der Waals surface area contributed by atoms with Crippen molar-refractivity contribution in [2.75, 3.05) is 13.1 Å². The molecule has 1 aliphatic heterocycles. The van der Waals surface area contributed by atoms with E-state index in [0.29, 0.717) is 5.75 Å². The number of primary sulfonamides is 1. The van der Waals surface area contributed by atoms with Gasteiger partial charge in [0.2, 0.25) is 10.0 Å². The second-order valence-corrected chi connectivity index (χ2v) is 5.66. The first kappa shape index (κ1) is 12.3. The SMILES string of the molecule is NS(=O)(=O)c1ccc(O[C@H]2CCCNC2)cc1. The van der Waals surface area contributed by atoms with Crippen molar-refractivity contribution in [2.24, 2.45) is 5.14 Å². The van der Waals surface area contributed by atoms with E-state index in [1.54, 1.807) is 12.1 Å². The third-order valence-electron chi connectivity index (χ3n) is 2.71. The van der Waals surface area contributed by atoms with Crippen LogP contribution in [0.25, 0.3) is 0 Å². The molecule has 0 radical (unpaired) electrons. The van der Waals surface area contributed by atoms with Gasteiger partial charge in [0.25, 0.3) is 0 Å². The fourth-order valence-corrected chi connectivity index (χ4v) is 2.34. The molecule has 0 aliphatic carbocycles. The molecule has 0 spiro atoms. The van der Waals surface area contributed by atoms with Crippen molar-refractivity contribution in [2.45, 2.75) is 23.8 Å². The Bertz CT molecular complexity index is 464. The van der Waals surface area contributed by atoms with Gasteiger partial charge in [-0.3, -0.25) is 0 Å². The van der Waals surface area contributed by atoms with Crippen LogP contribution in [0.4, 0.5) is 0 Å². The maximum atomic E-state index is 11.1. The van der Waals surface area contributed by atoms with Gasteiger partial charge < -0.3 is 10.1 Å². The van der Waals surface area contributed by atoms with Crippen molar-refractivity contribution in [1.82, 2.24) is 5.32 Å². The molecule has 1 aromatic rings. The summed E-state index contributed by atoms with van der Waals surface area (Å²) < 4.78 is 27.8. The van der Waals surface area contributed by atoms with Crippen LogP contribution >= 0.6 is 0 Å². The molecule has 6 heteroatoms. The topological polar surface area (TPSA) is 81.4 Å². The van der Waals surface area contributed by atoms with Crippen molar-refractivity contribution in [1.29, 1.82) is 0 Å². The summed E-state index contributed by atoms with van der Waals surface area (Å²) in [5, 5.41) is 8.26. The molecule has 1 heterocycles. The lowest BCUT2D eigenvalue weighted by atomic mass is 10.1. The summed E-state index contributed by atoms with van der Waals surface area (Å²) in [5.74, 6) is 0.672. The third-order valence-corrected chi connectivity index (χ3v) is 3.64. The number of ether oxygens (including phenoxy) is 1. The number of piperidine rings is 1. The van der Waals surface area contributed by atoms with E-state index in [-0.39, 0.29) is 11.0 Å². The van der Waals surface area contributed by atoms with Crippen LogP contribution in [0.3, 0.4) is 0 Å². The molecule has 94 valence electrons. The first-order valence-corrected chi connectivity index (χ1v) is 7.10. The quantitative estimate of drug-likeness (QED) is 0.823. The van der Waals surface area contributed by atoms with Crippen molar-refractivity contribution >= 4 is 10.0 Å². The Kier molecular flexibility index (Phi) is 3.66. The highest BCUT2D eigenvalue weighted by Crippen LogP contribution is 2.18. The predicted octanol–water partition coefficient (Wildman–Crippen LogP) is 0.465. The molecule has 1 atom stereocenters. The summed E-state index contributed by atoms with van der Waals surface area (Å²) in [4.78, 5) is 0.103. The van der Waals surface area contributed by atoms with E-state index in [0.717, 1.165) is 25.9 Å². The van der Waals surface area contributed by atoms with Gasteiger partial charge in [-0.25, -0.2) is 13.6 Å². The van der Waals surface area contributed by atoms with Gasteiger partial charge in [-0.1, -0.05) is 0 Å². The minimum atomic E-state index is -3.62. The first-order chi connectivity index (χ1) is 8.05. The molecule has 0 unspecified atom stereocenters. The minimum absolute atomic E-state index is 0.103. The van der Waals surface area contributed by atoms with E-state index in [1.807, 2.05) is 0 Å². The minimum Gasteiger partial charge on any atom is -0.489 e. The lowest BCUT2D eigenvalue weighted by molar-refractivity contribution is 0.167. The highest BCUT2D eigenvalue weighted by atomic mass is 32.2. The second kappa shape index (κ2) is 5.03. The molecule has 2 rings (SSSR count). The zero-order valence-electron chi connectivity index (χ0n) is 9.43. The zero-order chi connectivity index (χ0) is 12.3. The van der Waals surface area contributed by atoms with Crippen molar-refractivity contribution in [3.8, 4) is 5.75 Å². The number of sulfonamides is 1. The monoisotopic (exact) mass is 256 g/mol. The van der Waals surface area contributed by atoms with Crippen LogP contribution in [0.1, 0.15) is 12.8 Å². The summed E-state index contributed by atoms with van der Waals surface area (Å²) >= 11 is 0. The number of rotatable bonds is 3. The summed E-state index contributed by atoms with van der Waals surface area (Å²) in [6, 6.07) is 6.19. The standard InChI is InChI=1S/C11H16N2O3S/c12-17(14,15)11-5-3-9(4-6-11)16-10-2-1-7-13-8-10/h3-6,10,13H,1-2,7-8H2,(H2,12,14,15)/t10-/m0/s1. The van der Waals surface area contributed by atoms with Crippen molar-refractivity contribution < 1.29 is 13.2 Å². The predicted molar refractivity (Wildman–Crippen MR) is 64.3 cm³/mol. The van der Waals surface area contributed by atoms with Gasteiger partial charge in [-0.05, 0) is 43.7 Å². The van der Waals surface area contributed by atoms with E-state index in [1.165, 1.54) is 12.1 Å². The Balaban J connectivity index is 2.03. The van der Waals surface area contributed by atoms with Crippen molar-refractivity contribution in [3.63, 3.8) is 0 Å². The zero-order valence-corrected chi connectivity index (χ0v) is 10.2. The van der Waals surface area contributed by atoms with E-state index in [4.69, 9.17) is 9.88 Å². The van der Waals surface area contributed by atoms with Gasteiger partial charge >= 0.3 is 0 Å². The van der Waals surface area contributed by atoms with E-state index < -0.39 is 10.0 Å². The highest BCUT2D eigenvalue weighted by Gasteiger charge is 2.14. The smallest absolute Gasteiger partial charge is 0.238 e. The van der Waals surface area contributed by atoms with E-state index >= 15 is 0 Å². The normalized spacial score (nSPS) is 21.1. The maximum absolute atomic E-state index is 11.1. The number of hydrogen-bond donors (Lipinski definition) is 2. The molecular formula is C11H16N2O3S. The lowest BCUT2D eigenvalue weighted by Crippen LogP contribution is -2.37. The highest BCUT2D eigenvalue weighted by molar-refractivity contribution is 7.89. The van der Waals surface area contributed by atoms with Crippen LogP contribution in [0.15, 0.2) is 29.2 Å². The fraction of sp³-hybridized carbons (Fsp3) is 0.455. The molecule has 17 heavy (non-hydrogen) atoms. The van der Waals surface area contributed by atoms with Crippen LogP contribution < -0.4 is 15.2 Å². The summed E-state index contributed by atoms with van der Waals surface area (Å²) in [6.45, 7) is 1.86. The first-order valence-electron chi connectivity index (χ1n) is 5.56. The molecular weight excluding hydrogens is 240 g/mol. The van der Waals surface area contributed by atoms with E-state index in [9.17, 15) is 8.42 Å². The molecule has 0 saturated carbocycles. The Labute approximate surface area is 101 Å². The maximum Gasteiger partial charge on any atom is 0.238 e. The van der Waals surface area contributed by atoms with Crippen LogP contribution in [-0.2, 0) is 10.0 Å². The Morgan fingerprint density at radius 1 is 1.29 bits per heavy atom. The molecule has 3 N–H and O–H groups in total. The Morgan fingerprint density at radius 3 is 2.53 bits per heavy atom. The van der Waals surface area contributed by atoms with Gasteiger partial charge in [0.15, 0.2) is 0 Å². The summed E-state index contributed by atoms with van der Waals surface area (Å²) in [7, 11) is -3.62. The molecule has 1 fully saturated rings. The van der Waals surface area contributed by atoms with Gasteiger partial charge in [-0.2, -0.15) is 0 Å². The van der Waals surface area contributed by atoms with Crippen molar-refractivity contribution in [3.05, 3.63) is 24.3 Å². The number of nitrogens with one attached hydrogen (secondary N) is 1. The van der Waals surface area contributed by atoms with Crippen LogP contribution in [-0.4, -0.2) is 27.6 Å². The van der Waals surface area contributed by atoms with Gasteiger partial charge in [0, 0.05) is 6.54 Å². The van der Waals surface area contributed by atoms with E-state index in [2.05, 4.69) is 5.32 Å². The average molecular weight is 256 g/mol. The molecule has 0 amide bonds.